The van der Waals surface area contributed by atoms with Crippen LogP contribution in [-0.2, 0) is 16.1 Å². The lowest BCUT2D eigenvalue weighted by Crippen LogP contribution is -2.46. The number of esters is 1. The van der Waals surface area contributed by atoms with Crippen LogP contribution < -0.4 is 0 Å². The van der Waals surface area contributed by atoms with Crippen LogP contribution in [0.15, 0.2) is 48.5 Å². The Balaban J connectivity index is 2.11. The van der Waals surface area contributed by atoms with Crippen LogP contribution in [-0.4, -0.2) is 33.8 Å². The zero-order valence-electron chi connectivity index (χ0n) is 15.8. The second-order valence-electron chi connectivity index (χ2n) is 7.13. The molecule has 1 amide bonds. The van der Waals surface area contributed by atoms with E-state index in [0.29, 0.717) is 6.54 Å². The van der Waals surface area contributed by atoms with Gasteiger partial charge in [-0.1, -0.05) is 41.9 Å². The van der Waals surface area contributed by atoms with E-state index in [1.54, 1.807) is 4.90 Å². The molecule has 0 spiro atoms. The monoisotopic (exact) mass is 404 g/mol. The predicted molar refractivity (Wildman–Crippen MR) is 105 cm³/mol. The Labute approximate surface area is 168 Å². The van der Waals surface area contributed by atoms with E-state index in [2.05, 4.69) is 0 Å². The van der Waals surface area contributed by atoms with Crippen molar-refractivity contribution in [1.29, 1.82) is 0 Å². The van der Waals surface area contributed by atoms with Crippen molar-refractivity contribution in [3.8, 4) is 0 Å². The van der Waals surface area contributed by atoms with Gasteiger partial charge in [0.15, 0.2) is 6.61 Å². The van der Waals surface area contributed by atoms with E-state index in [-0.39, 0.29) is 22.2 Å². The van der Waals surface area contributed by atoms with Crippen LogP contribution in [0.4, 0.5) is 5.69 Å². The van der Waals surface area contributed by atoms with Crippen LogP contribution in [0.1, 0.15) is 36.7 Å². The first-order valence-corrected chi connectivity index (χ1v) is 8.93. The fourth-order valence-corrected chi connectivity index (χ4v) is 2.73. The average molecular weight is 405 g/mol. The van der Waals surface area contributed by atoms with Crippen molar-refractivity contribution < 1.29 is 19.2 Å². The highest BCUT2D eigenvalue weighted by molar-refractivity contribution is 6.33. The maximum atomic E-state index is 12.7. The molecular weight excluding hydrogens is 384 g/mol. The molecule has 0 unspecified atom stereocenters. The van der Waals surface area contributed by atoms with Gasteiger partial charge in [0.25, 0.3) is 11.6 Å². The molecular formula is C20H21ClN2O5. The SMILES string of the molecule is CC(C)(C)N(Cc1ccccc1)C(=O)COC(=O)c1cc([N+](=O)[O-])ccc1Cl. The summed E-state index contributed by atoms with van der Waals surface area (Å²) in [6, 6.07) is 12.9. The number of nitro benzene ring substituents is 1. The van der Waals surface area contributed by atoms with Gasteiger partial charge < -0.3 is 9.64 Å². The lowest BCUT2D eigenvalue weighted by atomic mass is 10.0. The highest BCUT2D eigenvalue weighted by Gasteiger charge is 2.28. The summed E-state index contributed by atoms with van der Waals surface area (Å²) >= 11 is 5.93. The van der Waals surface area contributed by atoms with Gasteiger partial charge in [0.1, 0.15) is 0 Å². The predicted octanol–water partition coefficient (Wildman–Crippen LogP) is 4.23. The average Bonchev–Trinajstić information content (AvgIpc) is 2.64. The maximum Gasteiger partial charge on any atom is 0.340 e. The first-order valence-electron chi connectivity index (χ1n) is 8.55. The van der Waals surface area contributed by atoms with Gasteiger partial charge in [0.2, 0.25) is 0 Å². The topological polar surface area (TPSA) is 89.8 Å². The number of benzene rings is 2. The molecule has 0 fully saturated rings. The Morgan fingerprint density at radius 1 is 1.14 bits per heavy atom. The van der Waals surface area contributed by atoms with Gasteiger partial charge in [0, 0.05) is 24.2 Å². The first kappa shape index (κ1) is 21.4. The number of carbonyl (C=O) groups excluding carboxylic acids is 2. The standard InChI is InChI=1S/C20H21ClN2O5/c1-20(2,3)22(12-14-7-5-4-6-8-14)18(24)13-28-19(25)16-11-15(23(26)27)9-10-17(16)21/h4-11H,12-13H2,1-3H3. The Bertz CT molecular complexity index is 878. The molecule has 0 aliphatic rings. The molecule has 0 atom stereocenters. The lowest BCUT2D eigenvalue weighted by Gasteiger charge is -2.35. The van der Waals surface area contributed by atoms with Gasteiger partial charge in [0.05, 0.1) is 15.5 Å². The number of nitro groups is 1. The van der Waals surface area contributed by atoms with Crippen LogP contribution in [0.3, 0.4) is 0 Å². The molecule has 148 valence electrons. The van der Waals surface area contributed by atoms with Gasteiger partial charge in [-0.15, -0.1) is 0 Å². The summed E-state index contributed by atoms with van der Waals surface area (Å²) < 4.78 is 5.08. The summed E-state index contributed by atoms with van der Waals surface area (Å²) in [5, 5.41) is 10.9. The van der Waals surface area contributed by atoms with Crippen molar-refractivity contribution in [3.05, 3.63) is 74.8 Å². The number of carbonyl (C=O) groups is 2. The van der Waals surface area contributed by atoms with E-state index >= 15 is 0 Å². The van der Waals surface area contributed by atoms with Crippen LogP contribution >= 0.6 is 11.6 Å². The van der Waals surface area contributed by atoms with Crippen LogP contribution in [0.25, 0.3) is 0 Å². The van der Waals surface area contributed by atoms with E-state index in [9.17, 15) is 19.7 Å². The van der Waals surface area contributed by atoms with Crippen LogP contribution in [0.2, 0.25) is 5.02 Å². The molecule has 2 aromatic rings. The maximum absolute atomic E-state index is 12.7. The molecule has 0 radical (unpaired) electrons. The molecule has 0 saturated carbocycles. The van der Waals surface area contributed by atoms with Gasteiger partial charge >= 0.3 is 5.97 Å². The van der Waals surface area contributed by atoms with Crippen molar-refractivity contribution in [2.24, 2.45) is 0 Å². The summed E-state index contributed by atoms with van der Waals surface area (Å²) in [4.78, 5) is 36.8. The smallest absolute Gasteiger partial charge is 0.340 e. The van der Waals surface area contributed by atoms with Crippen LogP contribution in [0.5, 0.6) is 0 Å². The van der Waals surface area contributed by atoms with Crippen molar-refractivity contribution in [2.75, 3.05) is 6.61 Å². The van der Waals surface area contributed by atoms with Crippen molar-refractivity contribution in [3.63, 3.8) is 0 Å². The summed E-state index contributed by atoms with van der Waals surface area (Å²) in [5.74, 6) is -1.28. The molecule has 0 N–H and O–H groups in total. The zero-order chi connectivity index (χ0) is 20.9. The van der Waals surface area contributed by atoms with Crippen molar-refractivity contribution >= 4 is 29.2 Å². The van der Waals surface area contributed by atoms with E-state index in [1.165, 1.54) is 12.1 Å². The molecule has 0 aromatic heterocycles. The molecule has 0 heterocycles. The number of hydrogen-bond donors (Lipinski definition) is 0. The summed E-state index contributed by atoms with van der Waals surface area (Å²) in [6.45, 7) is 5.51. The highest BCUT2D eigenvalue weighted by atomic mass is 35.5. The Morgan fingerprint density at radius 2 is 1.79 bits per heavy atom. The van der Waals surface area contributed by atoms with E-state index in [0.717, 1.165) is 11.6 Å². The third-order valence-corrected chi connectivity index (χ3v) is 4.33. The van der Waals surface area contributed by atoms with Crippen molar-refractivity contribution in [2.45, 2.75) is 32.9 Å². The number of non-ortho nitro benzene ring substituents is 1. The minimum Gasteiger partial charge on any atom is -0.452 e. The second kappa shape index (κ2) is 8.84. The minimum atomic E-state index is -0.893. The van der Waals surface area contributed by atoms with Gasteiger partial charge in [-0.3, -0.25) is 14.9 Å². The van der Waals surface area contributed by atoms with Gasteiger partial charge in [-0.25, -0.2) is 4.79 Å². The van der Waals surface area contributed by atoms with Gasteiger partial charge in [-0.2, -0.15) is 0 Å². The normalized spacial score (nSPS) is 11.0. The molecule has 8 heteroatoms. The quantitative estimate of drug-likeness (QED) is 0.408. The zero-order valence-corrected chi connectivity index (χ0v) is 16.6. The van der Waals surface area contributed by atoms with Crippen molar-refractivity contribution in [1.82, 2.24) is 4.90 Å². The number of hydrogen-bond acceptors (Lipinski definition) is 5. The Kier molecular flexibility index (Phi) is 6.75. The molecule has 2 rings (SSSR count). The van der Waals surface area contributed by atoms with Crippen LogP contribution in [0, 0.1) is 10.1 Å². The molecule has 2 aromatic carbocycles. The second-order valence-corrected chi connectivity index (χ2v) is 7.54. The summed E-state index contributed by atoms with van der Waals surface area (Å²) in [5.41, 5.74) is -0.00127. The Morgan fingerprint density at radius 3 is 2.36 bits per heavy atom. The number of amides is 1. The summed E-state index contributed by atoms with van der Waals surface area (Å²) in [6.07, 6.45) is 0. The number of ether oxygens (including phenoxy) is 1. The molecule has 7 nitrogen and oxygen atoms in total. The van der Waals surface area contributed by atoms with Gasteiger partial charge in [-0.05, 0) is 32.4 Å². The number of nitrogens with zero attached hydrogens (tertiary/aromatic N) is 2. The fourth-order valence-electron chi connectivity index (χ4n) is 2.53. The van der Waals surface area contributed by atoms with E-state index < -0.39 is 23.0 Å². The number of halogens is 1. The first-order chi connectivity index (χ1) is 13.1. The summed E-state index contributed by atoms with van der Waals surface area (Å²) in [7, 11) is 0. The molecule has 0 aliphatic heterocycles. The molecule has 0 saturated heterocycles. The largest absolute Gasteiger partial charge is 0.452 e. The fraction of sp³-hybridized carbons (Fsp3) is 0.300. The number of rotatable bonds is 6. The molecule has 0 aliphatic carbocycles. The molecule has 28 heavy (non-hydrogen) atoms. The minimum absolute atomic E-state index is 0.0139. The third-order valence-electron chi connectivity index (χ3n) is 4.00. The van der Waals surface area contributed by atoms with E-state index in [4.69, 9.17) is 16.3 Å². The third kappa shape index (κ3) is 5.53. The highest BCUT2D eigenvalue weighted by Crippen LogP contribution is 2.23. The Hall–Kier alpha value is -2.93. The van der Waals surface area contributed by atoms with E-state index in [1.807, 2.05) is 51.1 Å². The lowest BCUT2D eigenvalue weighted by molar-refractivity contribution is -0.384. The molecule has 0 bridgehead atoms.